The van der Waals surface area contributed by atoms with E-state index in [0.717, 1.165) is 50.3 Å². The summed E-state index contributed by atoms with van der Waals surface area (Å²) >= 11 is 0. The Balaban J connectivity index is 1.04. The van der Waals surface area contributed by atoms with Crippen LogP contribution >= 0.6 is 0 Å². The highest BCUT2D eigenvalue weighted by atomic mass is 28.3. The average molecular weight is 1280 g/mol. The Bertz CT molecular complexity index is 4850. The van der Waals surface area contributed by atoms with Crippen molar-refractivity contribution in [1.29, 1.82) is 0 Å². The highest BCUT2D eigenvalue weighted by molar-refractivity contribution is 7.22. The number of rotatable bonds is 17. The third-order valence-electron chi connectivity index (χ3n) is 19.4. The molecule has 1 aromatic heterocycles. The molecule has 16 rings (SSSR count). The SMILES string of the molecule is c1ccc(-c2ccc([Si](c3ccccc3)(c3ccc(-c4ccccc4)cc3)c3cc(-c4cc(-c5cccc(-c6ccccc6)c5)nc(-c5cccc(-c6ccccc6)c5)n4)cc([Si](c4ccccc4)(c4ccc(-c5ccccc5)cc4)c4ccc(-c5ccccc5)cc4)c3)cc2)cc1. The van der Waals surface area contributed by atoms with Gasteiger partial charge in [-0.2, -0.15) is 0 Å². The average Bonchev–Trinajstić information content (AvgIpc) is 0.712. The lowest BCUT2D eigenvalue weighted by Gasteiger charge is -2.38. The summed E-state index contributed by atoms with van der Waals surface area (Å²) in [5.74, 6) is 0.645. The Hall–Kier alpha value is -12.2. The van der Waals surface area contributed by atoms with E-state index in [0.29, 0.717) is 5.82 Å². The summed E-state index contributed by atoms with van der Waals surface area (Å²) in [5, 5.41) is 10.1. The van der Waals surface area contributed by atoms with E-state index >= 15 is 0 Å². The lowest BCUT2D eigenvalue weighted by atomic mass is 10.00. The van der Waals surface area contributed by atoms with Crippen LogP contribution in [0.25, 0.3) is 101 Å². The molecule has 0 atom stereocenters. The molecule has 1 heterocycles. The van der Waals surface area contributed by atoms with E-state index in [1.807, 2.05) is 0 Å². The third kappa shape index (κ3) is 11.9. The molecule has 0 unspecified atom stereocenters. The summed E-state index contributed by atoms with van der Waals surface area (Å²) in [5.41, 5.74) is 18.5. The molecule has 0 N–H and O–H groups in total. The number of nitrogens with zero attached hydrogens (tertiary/aromatic N) is 2. The van der Waals surface area contributed by atoms with Crippen LogP contribution in [0.15, 0.2) is 413 Å². The molecule has 98 heavy (non-hydrogen) atoms. The van der Waals surface area contributed by atoms with Crippen LogP contribution in [0.2, 0.25) is 0 Å². The first-order chi connectivity index (χ1) is 48.5. The summed E-state index contributed by atoms with van der Waals surface area (Å²) in [6.07, 6.45) is 0. The zero-order valence-electron chi connectivity index (χ0n) is 54.2. The quantitative estimate of drug-likeness (QED) is 0.0671. The molecule has 0 saturated heterocycles. The second-order valence-electron chi connectivity index (χ2n) is 25.2. The van der Waals surface area contributed by atoms with Crippen LogP contribution in [-0.2, 0) is 0 Å². The van der Waals surface area contributed by atoms with Crippen LogP contribution in [0.4, 0.5) is 0 Å². The molecule has 0 bridgehead atoms. The Morgan fingerprint density at radius 3 is 0.673 bits per heavy atom. The van der Waals surface area contributed by atoms with E-state index in [1.54, 1.807) is 0 Å². The Kier molecular flexibility index (Phi) is 16.9. The van der Waals surface area contributed by atoms with Gasteiger partial charge >= 0.3 is 0 Å². The van der Waals surface area contributed by atoms with E-state index in [4.69, 9.17) is 9.97 Å². The number of hydrogen-bond acceptors (Lipinski definition) is 2. The van der Waals surface area contributed by atoms with Crippen LogP contribution < -0.4 is 41.5 Å². The Morgan fingerprint density at radius 1 is 0.133 bits per heavy atom. The van der Waals surface area contributed by atoms with Gasteiger partial charge in [0.1, 0.15) is 0 Å². The highest BCUT2D eigenvalue weighted by Gasteiger charge is 2.46. The van der Waals surface area contributed by atoms with Crippen molar-refractivity contribution in [2.45, 2.75) is 0 Å². The standard InChI is InChI=1S/C94H68N2Si2/c1-9-27-69(28-10-1)75-47-55-86(56-48-75)97(84-43-21-7-22-44-84,87-57-49-76(50-58-87)70-29-11-2-12-30-70)90-65-83(93-68-92(81-41-25-39-79(63-81)73-35-17-5-18-36-73)95-94(96-93)82-42-26-40-80(64-82)74-37-19-6-20-38-74)66-91(67-90)98(85-45-23-8-24-46-85,88-59-51-77(52-60-88)71-31-13-3-14-32-71)89-61-53-78(54-62-89)72-33-15-4-16-34-72/h1-68H. The molecule has 0 amide bonds. The molecular weight excluding hydrogens is 1210 g/mol. The van der Waals surface area contributed by atoms with Crippen molar-refractivity contribution in [3.8, 4) is 101 Å². The highest BCUT2D eigenvalue weighted by Crippen LogP contribution is 2.34. The molecule has 0 aliphatic rings. The fourth-order valence-electron chi connectivity index (χ4n) is 14.6. The van der Waals surface area contributed by atoms with Gasteiger partial charge in [-0.15, -0.1) is 0 Å². The largest absolute Gasteiger partial charge is 0.228 e. The monoisotopic (exact) mass is 1280 g/mol. The molecule has 0 aliphatic carbocycles. The maximum atomic E-state index is 5.90. The summed E-state index contributed by atoms with van der Waals surface area (Å²) in [4.78, 5) is 11.5. The molecular formula is C94H68N2Si2. The Labute approximate surface area is 576 Å². The van der Waals surface area contributed by atoms with Crippen molar-refractivity contribution >= 4 is 57.6 Å². The van der Waals surface area contributed by atoms with Crippen LogP contribution in [0.5, 0.6) is 0 Å². The maximum Gasteiger partial charge on any atom is 0.179 e. The van der Waals surface area contributed by atoms with Crippen molar-refractivity contribution in [1.82, 2.24) is 9.97 Å². The van der Waals surface area contributed by atoms with Gasteiger partial charge in [-0.05, 0) is 126 Å². The lowest BCUT2D eigenvalue weighted by Crippen LogP contribution is -2.78. The molecule has 0 spiro atoms. The van der Waals surface area contributed by atoms with Crippen molar-refractivity contribution in [2.24, 2.45) is 0 Å². The fraction of sp³-hybridized carbons (Fsp3) is 0. The topological polar surface area (TPSA) is 25.8 Å². The molecule has 0 fully saturated rings. The molecule has 4 heteroatoms. The molecule has 2 nitrogen and oxygen atoms in total. The summed E-state index contributed by atoms with van der Waals surface area (Å²) < 4.78 is 0. The van der Waals surface area contributed by atoms with Crippen molar-refractivity contribution in [2.75, 3.05) is 0 Å². The first-order valence-corrected chi connectivity index (χ1v) is 37.7. The summed E-state index contributed by atoms with van der Waals surface area (Å²) in [6.45, 7) is 0. The lowest BCUT2D eigenvalue weighted by molar-refractivity contribution is 1.18. The minimum absolute atomic E-state index is 0.645. The van der Waals surface area contributed by atoms with Crippen molar-refractivity contribution in [3.05, 3.63) is 413 Å². The van der Waals surface area contributed by atoms with Gasteiger partial charge in [0.2, 0.25) is 0 Å². The van der Waals surface area contributed by atoms with E-state index in [1.165, 1.54) is 86.0 Å². The van der Waals surface area contributed by atoms with Gasteiger partial charge in [0, 0.05) is 16.7 Å². The zero-order valence-corrected chi connectivity index (χ0v) is 56.2. The number of aromatic nitrogens is 2. The van der Waals surface area contributed by atoms with Gasteiger partial charge in [0.25, 0.3) is 0 Å². The van der Waals surface area contributed by atoms with Gasteiger partial charge in [0.05, 0.1) is 11.4 Å². The molecule has 0 radical (unpaired) electrons. The molecule has 462 valence electrons. The van der Waals surface area contributed by atoms with Crippen LogP contribution in [0.3, 0.4) is 0 Å². The normalized spacial score (nSPS) is 11.5. The second kappa shape index (κ2) is 27.3. The maximum absolute atomic E-state index is 5.90. The fourth-order valence-corrected chi connectivity index (χ4v) is 24.3. The van der Waals surface area contributed by atoms with Gasteiger partial charge < -0.3 is 0 Å². The minimum Gasteiger partial charge on any atom is -0.228 e. The van der Waals surface area contributed by atoms with Crippen LogP contribution in [-0.4, -0.2) is 26.1 Å². The molecule has 0 saturated carbocycles. The first kappa shape index (κ1) is 60.7. The first-order valence-electron chi connectivity index (χ1n) is 33.7. The zero-order chi connectivity index (χ0) is 65.5. The van der Waals surface area contributed by atoms with Crippen molar-refractivity contribution < 1.29 is 0 Å². The predicted molar refractivity (Wildman–Crippen MR) is 418 cm³/mol. The molecule has 0 aliphatic heterocycles. The summed E-state index contributed by atoms with van der Waals surface area (Å²) in [7, 11) is -6.99. The van der Waals surface area contributed by atoms with Crippen LogP contribution in [0.1, 0.15) is 0 Å². The van der Waals surface area contributed by atoms with Crippen LogP contribution in [0, 0.1) is 0 Å². The van der Waals surface area contributed by atoms with E-state index in [9.17, 15) is 0 Å². The minimum atomic E-state index is -3.50. The molecule has 16 aromatic rings. The van der Waals surface area contributed by atoms with Gasteiger partial charge in [-0.1, -0.05) is 394 Å². The second-order valence-corrected chi connectivity index (χ2v) is 32.8. The third-order valence-corrected chi connectivity index (χ3v) is 28.9. The van der Waals surface area contributed by atoms with Gasteiger partial charge in [-0.3, -0.25) is 0 Å². The number of benzene rings is 15. The predicted octanol–water partition coefficient (Wildman–Crippen LogP) is 18.2. The summed E-state index contributed by atoms with van der Waals surface area (Å²) in [6, 6.07) is 153. The smallest absolute Gasteiger partial charge is 0.179 e. The molecule has 15 aromatic carbocycles. The number of hydrogen-bond donors (Lipinski definition) is 0. The Morgan fingerprint density at radius 2 is 0.357 bits per heavy atom. The van der Waals surface area contributed by atoms with Gasteiger partial charge in [0.15, 0.2) is 22.0 Å². The van der Waals surface area contributed by atoms with Gasteiger partial charge in [-0.25, -0.2) is 9.97 Å². The van der Waals surface area contributed by atoms with E-state index in [-0.39, 0.29) is 0 Å². The van der Waals surface area contributed by atoms with Crippen molar-refractivity contribution in [3.63, 3.8) is 0 Å². The van der Waals surface area contributed by atoms with E-state index < -0.39 is 16.1 Å². The van der Waals surface area contributed by atoms with E-state index in [2.05, 4.69) is 413 Å².